The number of carbonyl (C=O) groups is 1. The summed E-state index contributed by atoms with van der Waals surface area (Å²) in [7, 11) is 0. The van der Waals surface area contributed by atoms with Crippen molar-refractivity contribution < 1.29 is 9.90 Å². The average molecular weight is 227 g/mol. The first-order chi connectivity index (χ1) is 7.07. The van der Waals surface area contributed by atoms with Crippen molar-refractivity contribution in [2.75, 3.05) is 5.88 Å². The molecule has 15 heavy (non-hydrogen) atoms. The van der Waals surface area contributed by atoms with Crippen LogP contribution in [-0.4, -0.2) is 16.8 Å². The Bertz CT molecular complexity index is 372. The van der Waals surface area contributed by atoms with E-state index in [2.05, 4.69) is 0 Å². The molecule has 0 heterocycles. The summed E-state index contributed by atoms with van der Waals surface area (Å²) in [6.07, 6.45) is 1.16. The second-order valence-electron chi connectivity index (χ2n) is 3.60. The van der Waals surface area contributed by atoms with Crippen LogP contribution in [0.4, 0.5) is 0 Å². The van der Waals surface area contributed by atoms with Gasteiger partial charge in [-0.1, -0.05) is 0 Å². The van der Waals surface area contributed by atoms with Gasteiger partial charge in [0, 0.05) is 17.9 Å². The Balaban J connectivity index is 2.95. The van der Waals surface area contributed by atoms with Crippen LogP contribution < -0.4 is 0 Å². The van der Waals surface area contributed by atoms with Gasteiger partial charge >= 0.3 is 0 Å². The summed E-state index contributed by atoms with van der Waals surface area (Å²) in [5, 5.41) is 9.45. The van der Waals surface area contributed by atoms with Crippen LogP contribution in [0.1, 0.15) is 34.3 Å². The second-order valence-corrected chi connectivity index (χ2v) is 3.98. The van der Waals surface area contributed by atoms with Gasteiger partial charge in [0.2, 0.25) is 0 Å². The van der Waals surface area contributed by atoms with E-state index in [1.54, 1.807) is 12.1 Å². The Hall–Kier alpha value is -1.02. The van der Waals surface area contributed by atoms with E-state index < -0.39 is 0 Å². The fraction of sp³-hybridized carbons (Fsp3) is 0.417. The molecule has 0 saturated carbocycles. The Labute approximate surface area is 94.9 Å². The number of ketones is 1. The zero-order valence-electron chi connectivity index (χ0n) is 9.01. The van der Waals surface area contributed by atoms with Gasteiger partial charge in [0.25, 0.3) is 0 Å². The summed E-state index contributed by atoms with van der Waals surface area (Å²) < 4.78 is 0. The zero-order valence-corrected chi connectivity index (χ0v) is 9.77. The molecule has 1 aromatic rings. The number of Topliss-reactive ketones (excluding diaryl/α,β-unsaturated/α-hetero) is 1. The summed E-state index contributed by atoms with van der Waals surface area (Å²) in [6.45, 7) is 3.66. The van der Waals surface area contributed by atoms with E-state index in [1.807, 2.05) is 13.8 Å². The highest BCUT2D eigenvalue weighted by Gasteiger charge is 2.11. The van der Waals surface area contributed by atoms with Gasteiger partial charge in [0.05, 0.1) is 0 Å². The van der Waals surface area contributed by atoms with Crippen LogP contribution in [0.5, 0.6) is 5.75 Å². The minimum Gasteiger partial charge on any atom is -0.508 e. The molecule has 3 heteroatoms. The van der Waals surface area contributed by atoms with Gasteiger partial charge in [-0.05, 0) is 43.5 Å². The van der Waals surface area contributed by atoms with Crippen molar-refractivity contribution in [3.05, 3.63) is 28.8 Å². The van der Waals surface area contributed by atoms with E-state index >= 15 is 0 Å². The number of benzene rings is 1. The monoisotopic (exact) mass is 226 g/mol. The third kappa shape index (κ3) is 2.72. The van der Waals surface area contributed by atoms with Crippen molar-refractivity contribution in [1.29, 1.82) is 0 Å². The van der Waals surface area contributed by atoms with Crippen molar-refractivity contribution in [3.8, 4) is 5.75 Å². The molecule has 0 aliphatic heterocycles. The lowest BCUT2D eigenvalue weighted by molar-refractivity contribution is 0.0981. The SMILES string of the molecule is Cc1c(O)ccc(C(=O)CCCCl)c1C. The molecule has 0 aromatic heterocycles. The zero-order chi connectivity index (χ0) is 11.4. The van der Waals surface area contributed by atoms with Crippen LogP contribution in [0, 0.1) is 13.8 Å². The molecule has 2 nitrogen and oxygen atoms in total. The van der Waals surface area contributed by atoms with Crippen LogP contribution in [0.2, 0.25) is 0 Å². The third-order valence-electron chi connectivity index (χ3n) is 2.60. The summed E-state index contributed by atoms with van der Waals surface area (Å²) in [5.74, 6) is 0.833. The van der Waals surface area contributed by atoms with Gasteiger partial charge in [-0.2, -0.15) is 0 Å². The van der Waals surface area contributed by atoms with Crippen molar-refractivity contribution >= 4 is 17.4 Å². The maximum Gasteiger partial charge on any atom is 0.163 e. The van der Waals surface area contributed by atoms with Gasteiger partial charge < -0.3 is 5.11 Å². The minimum atomic E-state index is 0.0938. The molecule has 1 rings (SSSR count). The topological polar surface area (TPSA) is 37.3 Å². The van der Waals surface area contributed by atoms with Gasteiger partial charge in [-0.3, -0.25) is 4.79 Å². The van der Waals surface area contributed by atoms with E-state index in [0.717, 1.165) is 11.1 Å². The summed E-state index contributed by atoms with van der Waals surface area (Å²) in [4.78, 5) is 11.7. The molecule has 0 atom stereocenters. The Morgan fingerprint density at radius 2 is 2.00 bits per heavy atom. The molecule has 0 aliphatic rings. The van der Waals surface area contributed by atoms with Gasteiger partial charge in [0.1, 0.15) is 5.75 Å². The minimum absolute atomic E-state index is 0.0938. The highest BCUT2D eigenvalue weighted by Crippen LogP contribution is 2.23. The first kappa shape index (κ1) is 12.1. The number of aromatic hydroxyl groups is 1. The largest absolute Gasteiger partial charge is 0.508 e. The van der Waals surface area contributed by atoms with Crippen molar-refractivity contribution in [1.82, 2.24) is 0 Å². The van der Waals surface area contributed by atoms with Crippen LogP contribution in [0.15, 0.2) is 12.1 Å². The molecule has 1 aromatic carbocycles. The molecule has 0 unspecified atom stereocenters. The van der Waals surface area contributed by atoms with E-state index in [4.69, 9.17) is 11.6 Å². The van der Waals surface area contributed by atoms with Gasteiger partial charge in [-0.15, -0.1) is 11.6 Å². The number of halogens is 1. The Morgan fingerprint density at radius 1 is 1.33 bits per heavy atom. The lowest BCUT2D eigenvalue weighted by atomic mass is 9.97. The highest BCUT2D eigenvalue weighted by molar-refractivity contribution is 6.18. The molecular formula is C12H15ClO2. The maximum absolute atomic E-state index is 11.7. The molecular weight excluding hydrogens is 212 g/mol. The fourth-order valence-electron chi connectivity index (χ4n) is 1.47. The molecule has 0 saturated heterocycles. The quantitative estimate of drug-likeness (QED) is 0.632. The van der Waals surface area contributed by atoms with Crippen molar-refractivity contribution in [2.45, 2.75) is 26.7 Å². The van der Waals surface area contributed by atoms with Gasteiger partial charge in [0.15, 0.2) is 5.78 Å². The molecule has 0 amide bonds. The number of hydrogen-bond acceptors (Lipinski definition) is 2. The van der Waals surface area contributed by atoms with E-state index in [9.17, 15) is 9.90 Å². The third-order valence-corrected chi connectivity index (χ3v) is 2.86. The van der Waals surface area contributed by atoms with Crippen LogP contribution in [0.3, 0.4) is 0 Å². The highest BCUT2D eigenvalue weighted by atomic mass is 35.5. The van der Waals surface area contributed by atoms with E-state index in [-0.39, 0.29) is 11.5 Å². The Morgan fingerprint density at radius 3 is 2.60 bits per heavy atom. The van der Waals surface area contributed by atoms with E-state index in [0.29, 0.717) is 24.3 Å². The number of carbonyl (C=O) groups excluding carboxylic acids is 1. The summed E-state index contributed by atoms with van der Waals surface area (Å²) in [6, 6.07) is 3.24. The number of alkyl halides is 1. The van der Waals surface area contributed by atoms with Gasteiger partial charge in [-0.25, -0.2) is 0 Å². The normalized spacial score (nSPS) is 10.3. The van der Waals surface area contributed by atoms with E-state index in [1.165, 1.54) is 0 Å². The Kier molecular flexibility index (Phi) is 4.15. The molecule has 0 aliphatic carbocycles. The molecule has 82 valence electrons. The molecule has 0 spiro atoms. The van der Waals surface area contributed by atoms with Crippen LogP contribution in [-0.2, 0) is 0 Å². The fourth-order valence-corrected chi connectivity index (χ4v) is 1.60. The molecule has 0 radical (unpaired) electrons. The van der Waals surface area contributed by atoms with Crippen LogP contribution in [0.25, 0.3) is 0 Å². The summed E-state index contributed by atoms with van der Waals surface area (Å²) >= 11 is 5.54. The summed E-state index contributed by atoms with van der Waals surface area (Å²) in [5.41, 5.74) is 2.32. The molecule has 0 fully saturated rings. The number of phenols is 1. The lowest BCUT2D eigenvalue weighted by Gasteiger charge is -2.08. The molecule has 0 bridgehead atoms. The predicted octanol–water partition coefficient (Wildman–Crippen LogP) is 3.21. The average Bonchev–Trinajstić information content (AvgIpc) is 2.23. The van der Waals surface area contributed by atoms with Crippen LogP contribution >= 0.6 is 11.6 Å². The maximum atomic E-state index is 11.7. The standard InChI is InChI=1S/C12H15ClO2/c1-8-9(2)11(14)6-5-10(8)12(15)4-3-7-13/h5-6,14H,3-4,7H2,1-2H3. The number of phenolic OH excluding ortho intramolecular Hbond substituents is 1. The lowest BCUT2D eigenvalue weighted by Crippen LogP contribution is -2.03. The van der Waals surface area contributed by atoms with Crippen molar-refractivity contribution in [2.24, 2.45) is 0 Å². The van der Waals surface area contributed by atoms with Crippen molar-refractivity contribution in [3.63, 3.8) is 0 Å². The predicted molar refractivity (Wildman–Crippen MR) is 61.9 cm³/mol. The first-order valence-corrected chi connectivity index (χ1v) is 5.49. The second kappa shape index (κ2) is 5.17. The number of rotatable bonds is 4. The molecule has 1 N–H and O–H groups in total. The first-order valence-electron chi connectivity index (χ1n) is 4.96. The smallest absolute Gasteiger partial charge is 0.163 e. The number of hydrogen-bond donors (Lipinski definition) is 1.